The molecule has 3 atom stereocenters. The molecule has 4 rings (SSSR count). The third-order valence-corrected chi connectivity index (χ3v) is 6.62. The first kappa shape index (κ1) is 23.0. The first-order chi connectivity index (χ1) is 15.5. The highest BCUT2D eigenvalue weighted by Gasteiger charge is 2.41. The van der Waals surface area contributed by atoms with Gasteiger partial charge < -0.3 is 24.8 Å². The van der Waals surface area contributed by atoms with Gasteiger partial charge in [0, 0.05) is 49.9 Å². The lowest BCUT2D eigenvalue weighted by Crippen LogP contribution is -2.47. The molecule has 2 aromatic rings. The molecule has 2 fully saturated rings. The van der Waals surface area contributed by atoms with Crippen molar-refractivity contribution < 1.29 is 19.0 Å². The quantitative estimate of drug-likeness (QED) is 0.520. The van der Waals surface area contributed by atoms with E-state index in [9.17, 15) is 9.50 Å². The Morgan fingerprint density at radius 2 is 2.00 bits per heavy atom. The smallest absolute Gasteiger partial charge is 0.127 e. The number of likely N-dealkylation sites (N-methyl/N-ethyl adjacent to an activating group) is 1. The molecule has 0 radical (unpaired) electrons. The first-order valence-corrected chi connectivity index (χ1v) is 11.4. The van der Waals surface area contributed by atoms with Crippen molar-refractivity contribution in [3.63, 3.8) is 0 Å². The molecule has 0 aromatic heterocycles. The maximum atomic E-state index is 13.8. The number of aliphatic hydroxyl groups excluding tert-OH is 1. The molecule has 1 unspecified atom stereocenters. The number of β-amino-alcohol motifs (C(OH)–C–C–N with tert-alkyl or cyclic N) is 1. The number of benzene rings is 2. The Bertz CT molecular complexity index is 894. The van der Waals surface area contributed by atoms with E-state index in [0.29, 0.717) is 55.2 Å². The lowest BCUT2D eigenvalue weighted by Gasteiger charge is -2.33. The van der Waals surface area contributed by atoms with Crippen molar-refractivity contribution in [2.24, 2.45) is 0 Å². The van der Waals surface area contributed by atoms with Crippen molar-refractivity contribution in [3.8, 4) is 11.5 Å². The van der Waals surface area contributed by atoms with E-state index in [1.54, 1.807) is 13.2 Å². The van der Waals surface area contributed by atoms with Crippen LogP contribution in [0.5, 0.6) is 11.5 Å². The van der Waals surface area contributed by atoms with Crippen molar-refractivity contribution >= 4 is 0 Å². The largest absolute Gasteiger partial charge is 0.497 e. The van der Waals surface area contributed by atoms with Crippen molar-refractivity contribution in [1.29, 1.82) is 0 Å². The maximum Gasteiger partial charge on any atom is 0.127 e. The molecule has 2 N–H and O–H groups in total. The number of hydrogen-bond donors (Lipinski definition) is 2. The summed E-state index contributed by atoms with van der Waals surface area (Å²) in [5.41, 5.74) is 1.68. The molecule has 6 nitrogen and oxygen atoms in total. The number of piperazine rings is 1. The van der Waals surface area contributed by atoms with Crippen LogP contribution >= 0.6 is 0 Å². The third kappa shape index (κ3) is 5.59. The Morgan fingerprint density at radius 1 is 1.16 bits per heavy atom. The van der Waals surface area contributed by atoms with E-state index >= 15 is 0 Å². The van der Waals surface area contributed by atoms with Gasteiger partial charge in [0.05, 0.1) is 7.11 Å². The van der Waals surface area contributed by atoms with Crippen LogP contribution in [-0.4, -0.2) is 80.0 Å². The van der Waals surface area contributed by atoms with Gasteiger partial charge in [0.25, 0.3) is 0 Å². The van der Waals surface area contributed by atoms with Gasteiger partial charge in [-0.25, -0.2) is 4.39 Å². The van der Waals surface area contributed by atoms with Crippen molar-refractivity contribution in [2.45, 2.75) is 37.6 Å². The van der Waals surface area contributed by atoms with Crippen LogP contribution in [0.25, 0.3) is 0 Å². The SMILES string of the molecule is COc1ccc(CNCCc2ccccc2F)c(OCC(O)CN2C[C@H]3C[C@@H]2CN3C)c1. The minimum absolute atomic E-state index is 0.172. The summed E-state index contributed by atoms with van der Waals surface area (Å²) in [6, 6.07) is 13.7. The van der Waals surface area contributed by atoms with Crippen molar-refractivity contribution in [1.82, 2.24) is 15.1 Å². The molecule has 2 bridgehead atoms. The monoisotopic (exact) mass is 443 g/mol. The average molecular weight is 444 g/mol. The zero-order chi connectivity index (χ0) is 22.5. The highest BCUT2D eigenvalue weighted by atomic mass is 19.1. The van der Waals surface area contributed by atoms with Crippen LogP contribution < -0.4 is 14.8 Å². The number of rotatable bonds is 11. The number of likely N-dealkylation sites (tertiary alicyclic amines) is 2. The molecule has 7 heteroatoms. The Hall–Kier alpha value is -2.19. The van der Waals surface area contributed by atoms with Crippen LogP contribution in [0.2, 0.25) is 0 Å². The molecule has 174 valence electrons. The normalized spacial score (nSPS) is 21.8. The van der Waals surface area contributed by atoms with Gasteiger partial charge in [-0.2, -0.15) is 0 Å². The van der Waals surface area contributed by atoms with Crippen molar-refractivity contribution in [3.05, 3.63) is 59.4 Å². The molecule has 0 amide bonds. The zero-order valence-electron chi connectivity index (χ0n) is 19.0. The van der Waals surface area contributed by atoms with E-state index in [-0.39, 0.29) is 12.4 Å². The van der Waals surface area contributed by atoms with Crippen LogP contribution in [0.1, 0.15) is 17.5 Å². The van der Waals surface area contributed by atoms with Gasteiger partial charge >= 0.3 is 0 Å². The molecule has 2 aromatic carbocycles. The van der Waals surface area contributed by atoms with Gasteiger partial charge in [-0.15, -0.1) is 0 Å². The molecule has 0 saturated carbocycles. The topological polar surface area (TPSA) is 57.2 Å². The Balaban J connectivity index is 1.28. The fraction of sp³-hybridized carbons (Fsp3) is 0.520. The summed E-state index contributed by atoms with van der Waals surface area (Å²) >= 11 is 0. The highest BCUT2D eigenvalue weighted by Crippen LogP contribution is 2.29. The summed E-state index contributed by atoms with van der Waals surface area (Å²) in [5.74, 6) is 1.24. The molecule has 0 aliphatic carbocycles. The summed E-state index contributed by atoms with van der Waals surface area (Å²) < 4.78 is 25.2. The molecular weight excluding hydrogens is 409 g/mol. The standard InChI is InChI=1S/C25H34FN3O3/c1-28-14-21-11-20(28)15-29(21)16-22(30)17-32-25-12-23(31-2)8-7-19(25)13-27-10-9-18-5-3-4-6-24(18)26/h3-8,12,20-22,27,30H,9-11,13-17H2,1-2H3/t20-,21-,22?/m1/s1. The van der Waals surface area contributed by atoms with Gasteiger partial charge in [-0.1, -0.05) is 24.3 Å². The van der Waals surface area contributed by atoms with Crippen LogP contribution in [0.15, 0.2) is 42.5 Å². The van der Waals surface area contributed by atoms with Gasteiger partial charge in [-0.05, 0) is 44.1 Å². The second-order valence-corrected chi connectivity index (χ2v) is 8.89. The van der Waals surface area contributed by atoms with Gasteiger partial charge in [0.15, 0.2) is 0 Å². The summed E-state index contributed by atoms with van der Waals surface area (Å²) in [7, 11) is 3.80. The lowest BCUT2D eigenvalue weighted by molar-refractivity contribution is 0.0473. The number of aliphatic hydroxyl groups is 1. The van der Waals surface area contributed by atoms with E-state index in [0.717, 1.165) is 18.7 Å². The van der Waals surface area contributed by atoms with Crippen LogP contribution in [0, 0.1) is 5.82 Å². The first-order valence-electron chi connectivity index (χ1n) is 11.4. The highest BCUT2D eigenvalue weighted by molar-refractivity contribution is 5.40. The van der Waals surface area contributed by atoms with Crippen LogP contribution in [-0.2, 0) is 13.0 Å². The minimum Gasteiger partial charge on any atom is -0.497 e. The Labute approximate surface area is 189 Å². The molecule has 2 saturated heterocycles. The lowest BCUT2D eigenvalue weighted by atomic mass is 10.1. The van der Waals surface area contributed by atoms with Crippen molar-refractivity contribution in [2.75, 3.05) is 46.9 Å². The van der Waals surface area contributed by atoms with Crippen LogP contribution in [0.3, 0.4) is 0 Å². The third-order valence-electron chi connectivity index (χ3n) is 6.62. The molecule has 2 aliphatic heterocycles. The molecule has 2 heterocycles. The summed E-state index contributed by atoms with van der Waals surface area (Å²) in [5, 5.41) is 13.9. The summed E-state index contributed by atoms with van der Waals surface area (Å²) in [6.45, 7) is 4.22. The zero-order valence-corrected chi connectivity index (χ0v) is 19.0. The van der Waals surface area contributed by atoms with Crippen LogP contribution in [0.4, 0.5) is 4.39 Å². The predicted molar refractivity (Wildman–Crippen MR) is 123 cm³/mol. The average Bonchev–Trinajstić information content (AvgIpc) is 3.35. The molecule has 32 heavy (non-hydrogen) atoms. The summed E-state index contributed by atoms with van der Waals surface area (Å²) in [4.78, 5) is 4.79. The number of methoxy groups -OCH3 is 1. The molecule has 2 aliphatic rings. The van der Waals surface area contributed by atoms with E-state index in [2.05, 4.69) is 22.2 Å². The number of nitrogens with one attached hydrogen (secondary N) is 1. The fourth-order valence-electron chi connectivity index (χ4n) is 4.77. The van der Waals surface area contributed by atoms with Gasteiger partial charge in [0.1, 0.15) is 30.0 Å². The van der Waals surface area contributed by atoms with Gasteiger partial charge in [0.2, 0.25) is 0 Å². The Morgan fingerprint density at radius 3 is 2.72 bits per heavy atom. The predicted octanol–water partition coefficient (Wildman–Crippen LogP) is 2.29. The Kier molecular flexibility index (Phi) is 7.63. The maximum absolute atomic E-state index is 13.8. The van der Waals surface area contributed by atoms with E-state index in [1.807, 2.05) is 30.3 Å². The number of nitrogens with zero attached hydrogens (tertiary/aromatic N) is 2. The second-order valence-electron chi connectivity index (χ2n) is 8.89. The fourth-order valence-corrected chi connectivity index (χ4v) is 4.77. The minimum atomic E-state index is -0.548. The van der Waals surface area contributed by atoms with E-state index < -0.39 is 6.10 Å². The molecule has 0 spiro atoms. The van der Waals surface area contributed by atoms with E-state index in [1.165, 1.54) is 12.5 Å². The number of halogens is 1. The van der Waals surface area contributed by atoms with E-state index in [4.69, 9.17) is 9.47 Å². The van der Waals surface area contributed by atoms with Gasteiger partial charge in [-0.3, -0.25) is 4.90 Å². The number of ether oxygens (including phenoxy) is 2. The molecular formula is C25H34FN3O3. The number of fused-ring (bicyclic) bond motifs is 2. The summed E-state index contributed by atoms with van der Waals surface area (Å²) in [6.07, 6.45) is 1.26. The second kappa shape index (κ2) is 10.6. The number of hydrogen-bond acceptors (Lipinski definition) is 6.